The van der Waals surface area contributed by atoms with Crippen LogP contribution in [0.1, 0.15) is 28.6 Å². The van der Waals surface area contributed by atoms with Gasteiger partial charge in [-0.25, -0.2) is 4.84 Å². The smallest absolute Gasteiger partial charge is 0.326 e. The number of rotatable bonds is 7. The van der Waals surface area contributed by atoms with Crippen molar-refractivity contribution in [2.75, 3.05) is 7.11 Å². The van der Waals surface area contributed by atoms with Crippen molar-refractivity contribution in [2.24, 2.45) is 0 Å². The number of furan rings is 1. The normalized spacial score (nSPS) is 11.1. The summed E-state index contributed by atoms with van der Waals surface area (Å²) in [5, 5.41) is 2.95. The SMILES string of the molecule is CCc1ccccc1C(=O)NPCc1ccc([NH2+]OC)o1. The first-order chi connectivity index (χ1) is 10.2. The first-order valence-electron chi connectivity index (χ1n) is 6.80. The van der Waals surface area contributed by atoms with Gasteiger partial charge >= 0.3 is 5.88 Å². The standard InChI is InChI=1S/C15H19N2O3P/c1-3-11-6-4-5-7-13(11)15(18)17-21-10-12-8-9-14(20-12)16-19-2/h4-9,16,21H,3,10H2,1-2H3,(H,17,18)/p+1. The van der Waals surface area contributed by atoms with Crippen molar-refractivity contribution in [1.82, 2.24) is 5.09 Å². The zero-order valence-electron chi connectivity index (χ0n) is 12.2. The summed E-state index contributed by atoms with van der Waals surface area (Å²) in [7, 11) is 1.86. The van der Waals surface area contributed by atoms with Crippen molar-refractivity contribution in [3.63, 3.8) is 0 Å². The maximum atomic E-state index is 12.2. The van der Waals surface area contributed by atoms with Gasteiger partial charge in [0, 0.05) is 17.8 Å². The van der Waals surface area contributed by atoms with Gasteiger partial charge in [0.05, 0.1) is 7.11 Å². The van der Waals surface area contributed by atoms with Crippen LogP contribution in [0.5, 0.6) is 0 Å². The van der Waals surface area contributed by atoms with E-state index < -0.39 is 0 Å². The summed E-state index contributed by atoms with van der Waals surface area (Å²) in [5.74, 6) is 1.49. The van der Waals surface area contributed by atoms with Crippen LogP contribution < -0.4 is 10.6 Å². The lowest BCUT2D eigenvalue weighted by Gasteiger charge is -2.08. The summed E-state index contributed by atoms with van der Waals surface area (Å²) < 4.78 is 5.53. The fourth-order valence-corrected chi connectivity index (χ4v) is 2.75. The zero-order chi connectivity index (χ0) is 15.1. The molecule has 1 heterocycles. The Morgan fingerprint density at radius 1 is 1.33 bits per heavy atom. The molecule has 0 spiro atoms. The van der Waals surface area contributed by atoms with Gasteiger partial charge in [-0.1, -0.05) is 25.1 Å². The Kier molecular flexibility index (Phi) is 5.93. The van der Waals surface area contributed by atoms with Gasteiger partial charge in [-0.3, -0.25) is 4.79 Å². The predicted octanol–water partition coefficient (Wildman–Crippen LogP) is 2.12. The van der Waals surface area contributed by atoms with E-state index in [-0.39, 0.29) is 14.6 Å². The second-order valence-corrected chi connectivity index (χ2v) is 5.43. The molecule has 0 radical (unpaired) electrons. The first kappa shape index (κ1) is 15.7. The number of amides is 1. The molecule has 0 saturated carbocycles. The fraction of sp³-hybridized carbons (Fsp3) is 0.267. The highest BCUT2D eigenvalue weighted by atomic mass is 31.1. The van der Waals surface area contributed by atoms with E-state index >= 15 is 0 Å². The number of hydrogen-bond acceptors (Lipinski definition) is 3. The topological polar surface area (TPSA) is 68.1 Å². The lowest BCUT2D eigenvalue weighted by Crippen LogP contribution is -2.75. The molecule has 6 heteroatoms. The van der Waals surface area contributed by atoms with Crippen LogP contribution in [0.3, 0.4) is 0 Å². The number of quaternary nitrogens is 1. The molecule has 0 aliphatic rings. The largest absolute Gasteiger partial charge is 0.415 e. The molecule has 1 aromatic carbocycles. The number of nitrogens with two attached hydrogens (primary N) is 1. The molecule has 5 nitrogen and oxygen atoms in total. The molecule has 0 aliphatic carbocycles. The summed E-state index contributed by atoms with van der Waals surface area (Å²) in [4.78, 5) is 17.0. The monoisotopic (exact) mass is 307 g/mol. The van der Waals surface area contributed by atoms with Crippen LogP contribution in [0.4, 0.5) is 5.88 Å². The number of benzene rings is 1. The second-order valence-electron chi connectivity index (χ2n) is 4.48. The predicted molar refractivity (Wildman–Crippen MR) is 82.6 cm³/mol. The van der Waals surface area contributed by atoms with Gasteiger partial charge in [0.15, 0.2) is 0 Å². The molecule has 2 aromatic rings. The van der Waals surface area contributed by atoms with Crippen molar-refractivity contribution in [3.8, 4) is 0 Å². The van der Waals surface area contributed by atoms with Gasteiger partial charge in [-0.2, -0.15) is 0 Å². The number of carbonyl (C=O) groups excluding carboxylic acids is 1. The number of carbonyl (C=O) groups is 1. The Morgan fingerprint density at radius 2 is 2.14 bits per heavy atom. The molecule has 1 unspecified atom stereocenters. The van der Waals surface area contributed by atoms with Gasteiger partial charge in [0.2, 0.25) is 0 Å². The molecule has 1 aromatic heterocycles. The molecular weight excluding hydrogens is 287 g/mol. The van der Waals surface area contributed by atoms with Gasteiger partial charge in [-0.15, -0.1) is 5.48 Å². The third-order valence-corrected chi connectivity index (χ3v) is 3.95. The molecule has 0 fully saturated rings. The zero-order valence-corrected chi connectivity index (χ0v) is 13.2. The lowest BCUT2D eigenvalue weighted by atomic mass is 10.1. The van der Waals surface area contributed by atoms with Gasteiger partial charge < -0.3 is 9.50 Å². The average Bonchev–Trinajstić information content (AvgIpc) is 2.95. The van der Waals surface area contributed by atoms with Crippen LogP contribution in [0.15, 0.2) is 40.8 Å². The first-order valence-corrected chi connectivity index (χ1v) is 8.01. The molecule has 1 atom stereocenters. The highest BCUT2D eigenvalue weighted by Gasteiger charge is 2.10. The second kappa shape index (κ2) is 7.93. The minimum Gasteiger partial charge on any atom is -0.415 e. The molecule has 0 bridgehead atoms. The molecule has 0 aliphatic heterocycles. The summed E-state index contributed by atoms with van der Waals surface area (Å²) in [5.41, 5.74) is 3.36. The van der Waals surface area contributed by atoms with E-state index in [4.69, 9.17) is 9.25 Å². The third-order valence-electron chi connectivity index (χ3n) is 3.02. The highest BCUT2D eigenvalue weighted by Crippen LogP contribution is 2.19. The van der Waals surface area contributed by atoms with Crippen molar-refractivity contribution >= 4 is 20.5 Å². The number of nitrogens with one attached hydrogen (secondary N) is 1. The van der Waals surface area contributed by atoms with Gasteiger partial charge in [0.25, 0.3) is 5.91 Å². The Balaban J connectivity index is 1.86. The van der Waals surface area contributed by atoms with Crippen molar-refractivity contribution in [3.05, 3.63) is 53.3 Å². The molecule has 2 rings (SSSR count). The highest BCUT2D eigenvalue weighted by molar-refractivity contribution is 7.35. The van der Waals surface area contributed by atoms with E-state index in [2.05, 4.69) is 5.09 Å². The average molecular weight is 307 g/mol. The van der Waals surface area contributed by atoms with E-state index in [0.29, 0.717) is 12.0 Å². The quantitative estimate of drug-likeness (QED) is 0.608. The van der Waals surface area contributed by atoms with Crippen molar-refractivity contribution < 1.29 is 19.5 Å². The Hall–Kier alpha value is -1.68. The van der Waals surface area contributed by atoms with Crippen LogP contribution in [-0.4, -0.2) is 13.0 Å². The minimum absolute atomic E-state index is 0.0268. The summed E-state index contributed by atoms with van der Waals surface area (Å²) in [6, 6.07) is 11.4. The maximum absolute atomic E-state index is 12.2. The van der Waals surface area contributed by atoms with Gasteiger partial charge in [-0.05, 0) is 32.8 Å². The molecular formula is C15H20N2O3P+. The maximum Gasteiger partial charge on any atom is 0.326 e. The minimum atomic E-state index is -0.0268. The molecule has 1 amide bonds. The van der Waals surface area contributed by atoms with Crippen LogP contribution in [0, 0.1) is 0 Å². The number of hydrogen-bond donors (Lipinski definition) is 2. The summed E-state index contributed by atoms with van der Waals surface area (Å²) in [6.07, 6.45) is 1.53. The Labute approximate surface area is 125 Å². The van der Waals surface area contributed by atoms with Crippen LogP contribution in [-0.2, 0) is 17.4 Å². The van der Waals surface area contributed by atoms with Crippen LogP contribution in [0.2, 0.25) is 0 Å². The van der Waals surface area contributed by atoms with Crippen LogP contribution in [0.25, 0.3) is 0 Å². The van der Waals surface area contributed by atoms with Crippen molar-refractivity contribution in [2.45, 2.75) is 19.5 Å². The van der Waals surface area contributed by atoms with E-state index in [1.807, 2.05) is 43.3 Å². The summed E-state index contributed by atoms with van der Waals surface area (Å²) >= 11 is 0. The summed E-state index contributed by atoms with van der Waals surface area (Å²) in [6.45, 7) is 2.05. The Bertz CT molecular complexity index is 598. The third kappa shape index (κ3) is 4.39. The fourth-order valence-electron chi connectivity index (χ4n) is 2.00. The molecule has 21 heavy (non-hydrogen) atoms. The Morgan fingerprint density at radius 3 is 2.90 bits per heavy atom. The molecule has 112 valence electrons. The van der Waals surface area contributed by atoms with Crippen LogP contribution >= 0.6 is 8.73 Å². The molecule has 0 saturated heterocycles. The van der Waals surface area contributed by atoms with E-state index in [9.17, 15) is 4.79 Å². The van der Waals surface area contributed by atoms with Crippen molar-refractivity contribution in [1.29, 1.82) is 0 Å². The van der Waals surface area contributed by atoms with E-state index in [1.54, 1.807) is 12.6 Å². The van der Waals surface area contributed by atoms with Gasteiger partial charge in [0.1, 0.15) is 5.76 Å². The molecule has 3 N–H and O–H groups in total. The van der Waals surface area contributed by atoms with E-state index in [1.165, 1.54) is 0 Å². The van der Waals surface area contributed by atoms with E-state index in [0.717, 1.165) is 23.3 Å². The number of aryl methyl sites for hydroxylation is 1. The lowest BCUT2D eigenvalue weighted by molar-refractivity contribution is -0.837.